The van der Waals surface area contributed by atoms with Gasteiger partial charge >= 0.3 is 0 Å². The summed E-state index contributed by atoms with van der Waals surface area (Å²) < 4.78 is 0. The first-order chi connectivity index (χ1) is 14.2. The van der Waals surface area contributed by atoms with Crippen molar-refractivity contribution in [2.24, 2.45) is 0 Å². The minimum absolute atomic E-state index is 0.645. The molecule has 3 heterocycles. The van der Waals surface area contributed by atoms with Gasteiger partial charge in [-0.1, -0.05) is 30.2 Å². The van der Waals surface area contributed by atoms with Crippen LogP contribution < -0.4 is 5.32 Å². The number of likely N-dealkylation sites (tertiary alicyclic amines) is 1. The minimum atomic E-state index is 0.645. The summed E-state index contributed by atoms with van der Waals surface area (Å²) in [6.07, 6.45) is 8.58. The zero-order valence-electron chi connectivity index (χ0n) is 16.7. The molecular weight excluding hydrogens is 382 g/mol. The highest BCUT2D eigenvalue weighted by molar-refractivity contribution is 6.30. The SMILES string of the molecule is CN1CCCCC1CCNc1cc(-c2ccc(Cl)cc2)nc(-c2cccnc2)n1. The first kappa shape index (κ1) is 19.8. The van der Waals surface area contributed by atoms with Crippen LogP contribution in [0.25, 0.3) is 22.6 Å². The Labute approximate surface area is 177 Å². The molecule has 0 radical (unpaired) electrons. The van der Waals surface area contributed by atoms with E-state index < -0.39 is 0 Å². The number of piperidine rings is 1. The lowest BCUT2D eigenvalue weighted by Gasteiger charge is -2.32. The van der Waals surface area contributed by atoms with Crippen molar-refractivity contribution in [3.05, 3.63) is 59.9 Å². The molecule has 2 aromatic heterocycles. The lowest BCUT2D eigenvalue weighted by Crippen LogP contribution is -2.37. The Hall–Kier alpha value is -2.50. The van der Waals surface area contributed by atoms with Crippen molar-refractivity contribution in [1.29, 1.82) is 0 Å². The second-order valence-electron chi connectivity index (χ2n) is 7.56. The molecule has 29 heavy (non-hydrogen) atoms. The van der Waals surface area contributed by atoms with E-state index in [0.717, 1.165) is 35.6 Å². The van der Waals surface area contributed by atoms with Gasteiger partial charge in [0, 0.05) is 47.2 Å². The van der Waals surface area contributed by atoms with Crippen molar-refractivity contribution >= 4 is 17.4 Å². The highest BCUT2D eigenvalue weighted by atomic mass is 35.5. The Balaban J connectivity index is 1.56. The van der Waals surface area contributed by atoms with E-state index in [9.17, 15) is 0 Å². The summed E-state index contributed by atoms with van der Waals surface area (Å²) in [4.78, 5) is 16.2. The van der Waals surface area contributed by atoms with E-state index in [4.69, 9.17) is 21.6 Å². The summed E-state index contributed by atoms with van der Waals surface area (Å²) in [6.45, 7) is 2.09. The molecule has 1 unspecified atom stereocenters. The van der Waals surface area contributed by atoms with Gasteiger partial charge in [0.05, 0.1) is 5.69 Å². The van der Waals surface area contributed by atoms with Crippen molar-refractivity contribution in [2.45, 2.75) is 31.7 Å². The number of benzene rings is 1. The van der Waals surface area contributed by atoms with Crippen molar-refractivity contribution < 1.29 is 0 Å². The number of nitrogens with zero attached hydrogens (tertiary/aromatic N) is 4. The molecule has 150 valence electrons. The number of hydrogen-bond donors (Lipinski definition) is 1. The number of anilines is 1. The smallest absolute Gasteiger partial charge is 0.163 e. The molecule has 0 bridgehead atoms. The van der Waals surface area contributed by atoms with Gasteiger partial charge in [-0.2, -0.15) is 0 Å². The summed E-state index contributed by atoms with van der Waals surface area (Å²) in [6, 6.07) is 14.3. The van der Waals surface area contributed by atoms with Crippen molar-refractivity contribution in [1.82, 2.24) is 19.9 Å². The summed E-state index contributed by atoms with van der Waals surface area (Å²) >= 11 is 6.05. The maximum atomic E-state index is 6.05. The maximum Gasteiger partial charge on any atom is 0.163 e. The highest BCUT2D eigenvalue weighted by Gasteiger charge is 2.18. The highest BCUT2D eigenvalue weighted by Crippen LogP contribution is 2.25. The Morgan fingerprint density at radius 2 is 1.97 bits per heavy atom. The van der Waals surface area contributed by atoms with Gasteiger partial charge in [0.25, 0.3) is 0 Å². The molecule has 4 rings (SSSR count). The molecule has 0 aliphatic carbocycles. The monoisotopic (exact) mass is 407 g/mol. The van der Waals surface area contributed by atoms with Gasteiger partial charge in [-0.05, 0) is 57.1 Å². The quantitative estimate of drug-likeness (QED) is 0.612. The molecule has 6 heteroatoms. The second kappa shape index (κ2) is 9.33. The molecule has 1 N–H and O–H groups in total. The second-order valence-corrected chi connectivity index (χ2v) is 7.99. The number of halogens is 1. The Kier molecular flexibility index (Phi) is 6.37. The first-order valence-electron chi connectivity index (χ1n) is 10.2. The van der Waals surface area contributed by atoms with E-state index in [-0.39, 0.29) is 0 Å². The normalized spacial score (nSPS) is 17.2. The number of rotatable bonds is 6. The van der Waals surface area contributed by atoms with Gasteiger partial charge in [-0.25, -0.2) is 9.97 Å². The van der Waals surface area contributed by atoms with Crippen LogP contribution >= 0.6 is 11.6 Å². The fraction of sp³-hybridized carbons (Fsp3) is 0.348. The molecule has 3 aromatic rings. The fourth-order valence-electron chi connectivity index (χ4n) is 3.81. The molecule has 1 aliphatic heterocycles. The van der Waals surface area contributed by atoms with Crippen LogP contribution in [0.3, 0.4) is 0 Å². The molecule has 0 amide bonds. The molecule has 1 saturated heterocycles. The number of nitrogens with one attached hydrogen (secondary N) is 1. The van der Waals surface area contributed by atoms with Gasteiger partial charge in [-0.15, -0.1) is 0 Å². The van der Waals surface area contributed by atoms with Gasteiger partial charge in [-0.3, -0.25) is 4.98 Å². The number of pyridine rings is 1. The predicted octanol–water partition coefficient (Wildman–Crippen LogP) is 5.15. The summed E-state index contributed by atoms with van der Waals surface area (Å²) in [5.74, 6) is 1.50. The Bertz CT molecular complexity index is 930. The fourth-order valence-corrected chi connectivity index (χ4v) is 3.93. The zero-order valence-corrected chi connectivity index (χ0v) is 17.4. The maximum absolute atomic E-state index is 6.05. The van der Waals surface area contributed by atoms with E-state index in [1.54, 1.807) is 12.4 Å². The lowest BCUT2D eigenvalue weighted by molar-refractivity contribution is 0.179. The summed E-state index contributed by atoms with van der Waals surface area (Å²) in [7, 11) is 2.23. The van der Waals surface area contributed by atoms with E-state index in [1.165, 1.54) is 25.8 Å². The molecule has 5 nitrogen and oxygen atoms in total. The predicted molar refractivity (Wildman–Crippen MR) is 119 cm³/mol. The van der Waals surface area contributed by atoms with E-state index >= 15 is 0 Å². The van der Waals surface area contributed by atoms with Crippen LogP contribution in [0.2, 0.25) is 5.02 Å². The first-order valence-corrected chi connectivity index (χ1v) is 10.6. The van der Waals surface area contributed by atoms with Gasteiger partial charge in [0.15, 0.2) is 5.82 Å². The Morgan fingerprint density at radius 1 is 1.10 bits per heavy atom. The zero-order chi connectivity index (χ0) is 20.1. The molecule has 1 aromatic carbocycles. The molecule has 1 atom stereocenters. The summed E-state index contributed by atoms with van der Waals surface area (Å²) in [5, 5.41) is 4.23. The van der Waals surface area contributed by atoms with Gasteiger partial charge in [0.2, 0.25) is 0 Å². The topological polar surface area (TPSA) is 53.9 Å². The van der Waals surface area contributed by atoms with E-state index in [1.807, 2.05) is 42.5 Å². The Morgan fingerprint density at radius 3 is 2.72 bits per heavy atom. The largest absolute Gasteiger partial charge is 0.370 e. The van der Waals surface area contributed by atoms with Gasteiger partial charge < -0.3 is 10.2 Å². The molecule has 1 fully saturated rings. The number of hydrogen-bond acceptors (Lipinski definition) is 5. The number of aromatic nitrogens is 3. The standard InChI is InChI=1S/C23H26ClN5/c1-29-14-3-2-6-20(29)11-13-26-22-15-21(17-7-9-19(24)10-8-17)27-23(28-22)18-5-4-12-25-16-18/h4-5,7-10,12,15-16,20H,2-3,6,11,13-14H2,1H3,(H,26,27,28). The summed E-state index contributed by atoms with van der Waals surface area (Å²) in [5.41, 5.74) is 2.78. The molecule has 0 saturated carbocycles. The van der Waals surface area contributed by atoms with Crippen molar-refractivity contribution in [3.8, 4) is 22.6 Å². The van der Waals surface area contributed by atoms with Crippen molar-refractivity contribution in [2.75, 3.05) is 25.5 Å². The average Bonchev–Trinajstić information content (AvgIpc) is 2.76. The van der Waals surface area contributed by atoms with Crippen LogP contribution in [-0.4, -0.2) is 46.0 Å². The van der Waals surface area contributed by atoms with Gasteiger partial charge in [0.1, 0.15) is 5.82 Å². The minimum Gasteiger partial charge on any atom is -0.370 e. The molecule has 0 spiro atoms. The third-order valence-electron chi connectivity index (χ3n) is 5.49. The van der Waals surface area contributed by atoms with Crippen LogP contribution in [-0.2, 0) is 0 Å². The van der Waals surface area contributed by atoms with E-state index in [2.05, 4.69) is 22.2 Å². The average molecular weight is 408 g/mol. The van der Waals surface area contributed by atoms with Crippen LogP contribution in [0.15, 0.2) is 54.9 Å². The molecular formula is C23H26ClN5. The van der Waals surface area contributed by atoms with Crippen LogP contribution in [0.1, 0.15) is 25.7 Å². The van der Waals surface area contributed by atoms with Crippen LogP contribution in [0.5, 0.6) is 0 Å². The lowest BCUT2D eigenvalue weighted by atomic mass is 10.0. The molecule has 1 aliphatic rings. The van der Waals surface area contributed by atoms with Crippen LogP contribution in [0, 0.1) is 0 Å². The third kappa shape index (κ3) is 5.11. The van der Waals surface area contributed by atoms with Crippen molar-refractivity contribution in [3.63, 3.8) is 0 Å². The van der Waals surface area contributed by atoms with Crippen LogP contribution in [0.4, 0.5) is 5.82 Å². The van der Waals surface area contributed by atoms with E-state index in [0.29, 0.717) is 16.9 Å². The third-order valence-corrected chi connectivity index (χ3v) is 5.74.